The van der Waals surface area contributed by atoms with E-state index < -0.39 is 0 Å². The van der Waals surface area contributed by atoms with Gasteiger partial charge in [0.15, 0.2) is 5.78 Å². The molecule has 0 amide bonds. The number of ketones is 1. The second kappa shape index (κ2) is 6.18. The average Bonchev–Trinajstić information content (AvgIpc) is 2.30. The minimum atomic E-state index is -0.179. The quantitative estimate of drug-likeness (QED) is 0.800. The van der Waals surface area contributed by atoms with Crippen LogP contribution >= 0.6 is 11.6 Å². The van der Waals surface area contributed by atoms with Crippen LogP contribution in [0.2, 0.25) is 5.02 Å². The van der Waals surface area contributed by atoms with E-state index in [0.29, 0.717) is 5.02 Å². The van der Waals surface area contributed by atoms with Gasteiger partial charge in [-0.2, -0.15) is 0 Å². The molecule has 0 saturated heterocycles. The average molecular weight is 254 g/mol. The van der Waals surface area contributed by atoms with Gasteiger partial charge in [0.05, 0.1) is 6.04 Å². The second-order valence-corrected chi connectivity index (χ2v) is 5.07. The monoisotopic (exact) mass is 253 g/mol. The van der Waals surface area contributed by atoms with Crippen LogP contribution in [0.1, 0.15) is 31.9 Å². The Labute approximate surface area is 109 Å². The molecule has 1 rings (SSSR count). The smallest absolute Gasteiger partial charge is 0.157 e. The molecular weight excluding hydrogens is 234 g/mol. The number of hydrogen-bond donors (Lipinski definition) is 0. The van der Waals surface area contributed by atoms with Gasteiger partial charge < -0.3 is 0 Å². The maximum absolute atomic E-state index is 12.3. The number of halogens is 1. The van der Waals surface area contributed by atoms with E-state index in [4.69, 9.17) is 11.6 Å². The molecule has 2 unspecified atom stereocenters. The van der Waals surface area contributed by atoms with E-state index in [1.165, 1.54) is 0 Å². The number of hydrogen-bond acceptors (Lipinski definition) is 2. The molecular formula is C14H20ClNO. The number of benzene rings is 1. The van der Waals surface area contributed by atoms with E-state index in [9.17, 15) is 4.79 Å². The number of nitrogens with zero attached hydrogens (tertiary/aromatic N) is 1. The zero-order chi connectivity index (χ0) is 13.0. The molecule has 17 heavy (non-hydrogen) atoms. The van der Waals surface area contributed by atoms with Crippen molar-refractivity contribution in [2.45, 2.75) is 26.3 Å². The molecule has 2 nitrogen and oxygen atoms in total. The molecule has 0 bridgehead atoms. The van der Waals surface area contributed by atoms with Gasteiger partial charge >= 0.3 is 0 Å². The van der Waals surface area contributed by atoms with Gasteiger partial charge in [-0.05, 0) is 38.2 Å². The van der Waals surface area contributed by atoms with Crippen LogP contribution in [0, 0.1) is 5.92 Å². The van der Waals surface area contributed by atoms with Crippen LogP contribution in [0.5, 0.6) is 0 Å². The van der Waals surface area contributed by atoms with E-state index in [-0.39, 0.29) is 17.7 Å². The van der Waals surface area contributed by atoms with Crippen LogP contribution < -0.4 is 0 Å². The van der Waals surface area contributed by atoms with E-state index in [1.54, 1.807) is 0 Å². The highest BCUT2D eigenvalue weighted by Crippen LogP contribution is 2.25. The molecule has 3 heteroatoms. The van der Waals surface area contributed by atoms with Crippen LogP contribution in [0.3, 0.4) is 0 Å². The molecule has 0 aromatic heterocycles. The molecule has 0 spiro atoms. The molecule has 0 radical (unpaired) electrons. The zero-order valence-electron chi connectivity index (χ0n) is 10.9. The lowest BCUT2D eigenvalue weighted by Gasteiger charge is -2.26. The normalized spacial score (nSPS) is 14.7. The van der Waals surface area contributed by atoms with E-state index in [1.807, 2.05) is 57.1 Å². The molecule has 0 heterocycles. The third kappa shape index (κ3) is 3.55. The summed E-state index contributed by atoms with van der Waals surface area (Å²) in [6.45, 7) is 4.02. The van der Waals surface area contributed by atoms with Crippen LogP contribution in [0.4, 0.5) is 0 Å². The third-order valence-electron chi connectivity index (χ3n) is 3.07. The standard InChI is InChI=1S/C14H20ClNO/c1-5-10(2)14(17)13(16(3)4)11-6-8-12(15)9-7-11/h6-10,13H,5H2,1-4H3. The summed E-state index contributed by atoms with van der Waals surface area (Å²) < 4.78 is 0. The molecule has 1 aromatic carbocycles. The van der Waals surface area contributed by atoms with Gasteiger partial charge in [0.25, 0.3) is 0 Å². The van der Waals surface area contributed by atoms with Crippen molar-refractivity contribution >= 4 is 17.4 Å². The molecule has 94 valence electrons. The maximum Gasteiger partial charge on any atom is 0.157 e. The highest BCUT2D eigenvalue weighted by Gasteiger charge is 2.26. The Morgan fingerprint density at radius 3 is 2.24 bits per heavy atom. The van der Waals surface area contributed by atoms with Crippen molar-refractivity contribution in [1.29, 1.82) is 0 Å². The van der Waals surface area contributed by atoms with Gasteiger partial charge in [0.2, 0.25) is 0 Å². The minimum absolute atomic E-state index is 0.0816. The topological polar surface area (TPSA) is 20.3 Å². The lowest BCUT2D eigenvalue weighted by molar-refractivity contribution is -0.127. The largest absolute Gasteiger partial charge is 0.297 e. The highest BCUT2D eigenvalue weighted by molar-refractivity contribution is 6.30. The number of rotatable bonds is 5. The van der Waals surface area contributed by atoms with Crippen molar-refractivity contribution in [3.05, 3.63) is 34.9 Å². The molecule has 1 aromatic rings. The van der Waals surface area contributed by atoms with Crippen molar-refractivity contribution < 1.29 is 4.79 Å². The zero-order valence-corrected chi connectivity index (χ0v) is 11.7. The van der Waals surface area contributed by atoms with Crippen LogP contribution in [0.15, 0.2) is 24.3 Å². The Hall–Kier alpha value is -0.860. The fraction of sp³-hybridized carbons (Fsp3) is 0.500. The molecule has 0 saturated carbocycles. The summed E-state index contributed by atoms with van der Waals surface area (Å²) in [4.78, 5) is 14.3. The first kappa shape index (κ1) is 14.2. The molecule has 0 N–H and O–H groups in total. The van der Waals surface area contributed by atoms with Crippen molar-refractivity contribution in [3.8, 4) is 0 Å². The maximum atomic E-state index is 12.3. The molecule has 0 aliphatic heterocycles. The number of likely N-dealkylation sites (N-methyl/N-ethyl adjacent to an activating group) is 1. The summed E-state index contributed by atoms with van der Waals surface area (Å²) in [6.07, 6.45) is 0.872. The van der Waals surface area contributed by atoms with Gasteiger partial charge in [-0.3, -0.25) is 9.69 Å². The fourth-order valence-corrected chi connectivity index (χ4v) is 1.96. The van der Waals surface area contributed by atoms with Gasteiger partial charge in [0, 0.05) is 10.9 Å². The summed E-state index contributed by atoms with van der Waals surface area (Å²) >= 11 is 5.87. The first-order valence-electron chi connectivity index (χ1n) is 5.93. The van der Waals surface area contributed by atoms with Gasteiger partial charge in [0.1, 0.15) is 0 Å². The fourth-order valence-electron chi connectivity index (χ4n) is 1.83. The van der Waals surface area contributed by atoms with Crippen molar-refractivity contribution in [2.75, 3.05) is 14.1 Å². The molecule has 2 atom stereocenters. The predicted molar refractivity (Wildman–Crippen MR) is 72.3 cm³/mol. The lowest BCUT2D eigenvalue weighted by atomic mass is 9.92. The van der Waals surface area contributed by atoms with Gasteiger partial charge in [-0.15, -0.1) is 0 Å². The van der Waals surface area contributed by atoms with Crippen molar-refractivity contribution in [2.24, 2.45) is 5.92 Å². The van der Waals surface area contributed by atoms with Crippen molar-refractivity contribution in [3.63, 3.8) is 0 Å². The van der Waals surface area contributed by atoms with Crippen LogP contribution in [0.25, 0.3) is 0 Å². The minimum Gasteiger partial charge on any atom is -0.297 e. The number of carbonyl (C=O) groups is 1. The third-order valence-corrected chi connectivity index (χ3v) is 3.32. The van der Waals surface area contributed by atoms with E-state index in [0.717, 1.165) is 12.0 Å². The number of Topliss-reactive ketones (excluding diaryl/α,β-unsaturated/α-hetero) is 1. The Kier molecular flexibility index (Phi) is 5.16. The lowest BCUT2D eigenvalue weighted by Crippen LogP contribution is -2.31. The first-order valence-corrected chi connectivity index (χ1v) is 6.30. The van der Waals surface area contributed by atoms with Crippen LogP contribution in [-0.4, -0.2) is 24.8 Å². The van der Waals surface area contributed by atoms with E-state index in [2.05, 4.69) is 0 Å². The summed E-state index contributed by atoms with van der Waals surface area (Å²) in [5.74, 6) is 0.345. The molecule has 0 aliphatic carbocycles. The SMILES string of the molecule is CCC(C)C(=O)C(c1ccc(Cl)cc1)N(C)C. The summed E-state index contributed by atoms with van der Waals surface area (Å²) in [5, 5.41) is 0.697. The van der Waals surface area contributed by atoms with Crippen LogP contribution in [-0.2, 0) is 4.79 Å². The predicted octanol–water partition coefficient (Wildman–Crippen LogP) is 3.56. The van der Waals surface area contributed by atoms with Crippen molar-refractivity contribution in [1.82, 2.24) is 4.90 Å². The second-order valence-electron chi connectivity index (χ2n) is 4.63. The Morgan fingerprint density at radius 2 is 1.82 bits per heavy atom. The number of carbonyl (C=O) groups excluding carboxylic acids is 1. The molecule has 0 aliphatic rings. The summed E-state index contributed by atoms with van der Waals surface area (Å²) in [6, 6.07) is 7.33. The Bertz CT molecular complexity index is 372. The summed E-state index contributed by atoms with van der Waals surface area (Å²) in [7, 11) is 3.86. The molecule has 0 fully saturated rings. The highest BCUT2D eigenvalue weighted by atomic mass is 35.5. The Balaban J connectivity index is 3.01. The van der Waals surface area contributed by atoms with Gasteiger partial charge in [-0.1, -0.05) is 37.6 Å². The Morgan fingerprint density at radius 1 is 1.29 bits per heavy atom. The first-order chi connectivity index (χ1) is 7.97. The summed E-state index contributed by atoms with van der Waals surface area (Å²) in [5.41, 5.74) is 1.00. The van der Waals surface area contributed by atoms with E-state index >= 15 is 0 Å². The van der Waals surface area contributed by atoms with Gasteiger partial charge in [-0.25, -0.2) is 0 Å².